The van der Waals surface area contributed by atoms with Gasteiger partial charge in [-0.25, -0.2) is 0 Å². The summed E-state index contributed by atoms with van der Waals surface area (Å²) in [6, 6.07) is 18.0. The average molecular weight is 489 g/mol. The molecule has 6 heteroatoms. The summed E-state index contributed by atoms with van der Waals surface area (Å²) in [6.45, 7) is 10.1. The van der Waals surface area contributed by atoms with E-state index in [0.717, 1.165) is 52.7 Å². The van der Waals surface area contributed by atoms with Crippen LogP contribution in [0.4, 0.5) is 5.69 Å². The number of rotatable bonds is 6. The molecule has 0 aromatic heterocycles. The fraction of sp³-hybridized carbons (Fsp3) is 0.276. The van der Waals surface area contributed by atoms with Gasteiger partial charge in [0, 0.05) is 48.0 Å². The van der Waals surface area contributed by atoms with E-state index in [4.69, 9.17) is 21.1 Å². The van der Waals surface area contributed by atoms with Crippen molar-refractivity contribution < 1.29 is 14.3 Å². The molecule has 3 aromatic carbocycles. The minimum absolute atomic E-state index is 0.0893. The number of hydrogen-bond donors (Lipinski definition) is 0. The number of Topliss-reactive ketones (excluding diaryl/α,β-unsaturated/α-hetero) is 1. The van der Waals surface area contributed by atoms with Crippen LogP contribution in [0.3, 0.4) is 0 Å². The molecule has 2 heterocycles. The molecule has 0 spiro atoms. The van der Waals surface area contributed by atoms with Crippen LogP contribution >= 0.6 is 11.6 Å². The van der Waals surface area contributed by atoms with Crippen LogP contribution in [0.25, 0.3) is 6.08 Å². The van der Waals surface area contributed by atoms with Gasteiger partial charge >= 0.3 is 0 Å². The smallest absolute Gasteiger partial charge is 0.231 e. The second kappa shape index (κ2) is 9.76. The molecule has 2 aliphatic heterocycles. The molecule has 5 nitrogen and oxygen atoms in total. The van der Waals surface area contributed by atoms with Gasteiger partial charge in [-0.1, -0.05) is 35.9 Å². The molecule has 0 fully saturated rings. The van der Waals surface area contributed by atoms with Gasteiger partial charge in [-0.15, -0.1) is 0 Å². The number of anilines is 1. The van der Waals surface area contributed by atoms with Crippen molar-refractivity contribution in [1.29, 1.82) is 0 Å². The Hall–Kier alpha value is -3.28. The quantitative estimate of drug-likeness (QED) is 0.372. The third-order valence-corrected chi connectivity index (χ3v) is 6.89. The molecule has 0 radical (unpaired) electrons. The van der Waals surface area contributed by atoms with Crippen molar-refractivity contribution in [3.63, 3.8) is 0 Å². The van der Waals surface area contributed by atoms with Crippen LogP contribution in [0.5, 0.6) is 11.5 Å². The zero-order valence-electron chi connectivity index (χ0n) is 20.3. The summed E-state index contributed by atoms with van der Waals surface area (Å²) in [7, 11) is 0. The predicted octanol–water partition coefficient (Wildman–Crippen LogP) is 6.46. The van der Waals surface area contributed by atoms with E-state index in [0.29, 0.717) is 30.3 Å². The zero-order chi connectivity index (χ0) is 24.5. The van der Waals surface area contributed by atoms with Crippen molar-refractivity contribution in [2.75, 3.05) is 24.7 Å². The van der Waals surface area contributed by atoms with E-state index in [2.05, 4.69) is 35.8 Å². The maximum Gasteiger partial charge on any atom is 0.231 e. The highest BCUT2D eigenvalue weighted by molar-refractivity contribution is 6.30. The molecule has 0 N–H and O–H groups in total. The van der Waals surface area contributed by atoms with Crippen LogP contribution in [0, 0.1) is 6.92 Å². The van der Waals surface area contributed by atoms with E-state index in [-0.39, 0.29) is 5.78 Å². The van der Waals surface area contributed by atoms with Gasteiger partial charge in [0.2, 0.25) is 5.78 Å². The number of hydrogen-bond acceptors (Lipinski definition) is 5. The fourth-order valence-corrected chi connectivity index (χ4v) is 4.89. The Balaban J connectivity index is 1.36. The zero-order valence-corrected chi connectivity index (χ0v) is 21.1. The van der Waals surface area contributed by atoms with Gasteiger partial charge in [0.25, 0.3) is 0 Å². The Bertz CT molecular complexity index is 1280. The number of fused-ring (bicyclic) bond motifs is 2. The first-order valence-corrected chi connectivity index (χ1v) is 12.4. The molecule has 0 aliphatic carbocycles. The Morgan fingerprint density at radius 2 is 1.74 bits per heavy atom. The van der Waals surface area contributed by atoms with Crippen LogP contribution in [0.15, 0.2) is 60.4 Å². The molecule has 0 saturated carbocycles. The minimum atomic E-state index is -0.0893. The van der Waals surface area contributed by atoms with Gasteiger partial charge in [-0.2, -0.15) is 0 Å². The first kappa shape index (κ1) is 23.5. The van der Waals surface area contributed by atoms with Crippen LogP contribution in [-0.4, -0.2) is 30.5 Å². The Morgan fingerprint density at radius 1 is 1.03 bits per heavy atom. The summed E-state index contributed by atoms with van der Waals surface area (Å²) in [4.78, 5) is 17.7. The number of allylic oxidation sites excluding steroid dienone is 1. The summed E-state index contributed by atoms with van der Waals surface area (Å²) >= 11 is 6.01. The average Bonchev–Trinajstić information content (AvgIpc) is 3.18. The molecule has 2 aliphatic rings. The molecule has 0 unspecified atom stereocenters. The molecule has 0 saturated heterocycles. The molecule has 0 bridgehead atoms. The third kappa shape index (κ3) is 4.66. The van der Waals surface area contributed by atoms with Crippen LogP contribution in [0.2, 0.25) is 5.02 Å². The summed E-state index contributed by atoms with van der Waals surface area (Å²) in [5, 5.41) is 0.724. The highest BCUT2D eigenvalue weighted by Crippen LogP contribution is 2.43. The lowest BCUT2D eigenvalue weighted by Crippen LogP contribution is -2.32. The van der Waals surface area contributed by atoms with Gasteiger partial charge in [0.15, 0.2) is 5.76 Å². The number of ketones is 1. The first-order valence-electron chi connectivity index (χ1n) is 12.0. The summed E-state index contributed by atoms with van der Waals surface area (Å²) in [6.07, 6.45) is 1.82. The number of nitrogens with zero attached hydrogens (tertiary/aromatic N) is 2. The number of carbonyl (C=O) groups is 1. The molecular formula is C29H29ClN2O3. The number of carbonyl (C=O) groups excluding carboxylic acids is 1. The second-order valence-corrected chi connectivity index (χ2v) is 9.39. The van der Waals surface area contributed by atoms with Gasteiger partial charge in [-0.3, -0.25) is 9.69 Å². The van der Waals surface area contributed by atoms with Gasteiger partial charge in [0.1, 0.15) is 18.2 Å². The molecule has 0 atom stereocenters. The summed E-state index contributed by atoms with van der Waals surface area (Å²) in [5.41, 5.74) is 5.74. The second-order valence-electron chi connectivity index (χ2n) is 8.96. The minimum Gasteiger partial charge on any atom is -0.477 e. The summed E-state index contributed by atoms with van der Waals surface area (Å²) < 4.78 is 12.2. The maximum atomic E-state index is 13.2. The molecule has 0 amide bonds. The lowest BCUT2D eigenvalue weighted by atomic mass is 10.00. The highest BCUT2D eigenvalue weighted by Gasteiger charge is 2.33. The topological polar surface area (TPSA) is 42.0 Å². The number of halogens is 1. The molecule has 35 heavy (non-hydrogen) atoms. The van der Waals surface area contributed by atoms with E-state index < -0.39 is 0 Å². The standard InChI is InChI=1S/C29H29ClN2O3/c1-4-32(5-2)24-12-8-20(9-13-24)14-26-27(33)25-15-22-17-31(16-21-6-10-23(30)11-7-21)18-34-28(22)19(3)29(25)35-26/h6-15H,4-5,16-18H2,1-3H3/b26-14-. The largest absolute Gasteiger partial charge is 0.477 e. The van der Waals surface area contributed by atoms with Crippen LogP contribution in [-0.2, 0) is 13.1 Å². The normalized spacial score (nSPS) is 16.0. The highest BCUT2D eigenvalue weighted by atomic mass is 35.5. The monoisotopic (exact) mass is 488 g/mol. The fourth-order valence-electron chi connectivity index (χ4n) is 4.77. The van der Waals surface area contributed by atoms with E-state index in [1.54, 1.807) is 0 Å². The molecular weight excluding hydrogens is 460 g/mol. The SMILES string of the molecule is CCN(CC)c1ccc(/C=C2\Oc3c(cc4c(c3C)OCN(Cc3ccc(Cl)cc3)C4)C2=O)cc1. The van der Waals surface area contributed by atoms with Crippen molar-refractivity contribution in [3.8, 4) is 11.5 Å². The van der Waals surface area contributed by atoms with Crippen molar-refractivity contribution in [3.05, 3.63) is 93.2 Å². The predicted molar refractivity (Wildman–Crippen MR) is 140 cm³/mol. The van der Waals surface area contributed by atoms with Crippen LogP contribution < -0.4 is 14.4 Å². The molecule has 180 valence electrons. The summed E-state index contributed by atoms with van der Waals surface area (Å²) in [5.74, 6) is 1.67. The first-order chi connectivity index (χ1) is 17.0. The van der Waals surface area contributed by atoms with Crippen molar-refractivity contribution >= 4 is 29.1 Å². The Kier molecular flexibility index (Phi) is 6.54. The van der Waals surface area contributed by atoms with Crippen molar-refractivity contribution in [1.82, 2.24) is 4.90 Å². The third-order valence-electron chi connectivity index (χ3n) is 6.64. The molecule has 5 rings (SSSR count). The van der Waals surface area contributed by atoms with Crippen molar-refractivity contribution in [2.24, 2.45) is 0 Å². The van der Waals surface area contributed by atoms with Crippen molar-refractivity contribution in [2.45, 2.75) is 33.9 Å². The van der Waals surface area contributed by atoms with Gasteiger partial charge in [-0.05, 0) is 68.3 Å². The van der Waals surface area contributed by atoms with Gasteiger partial charge in [0.05, 0.1) is 5.56 Å². The lowest BCUT2D eigenvalue weighted by Gasteiger charge is -2.30. The lowest BCUT2D eigenvalue weighted by molar-refractivity contribution is 0.0876. The maximum absolute atomic E-state index is 13.2. The van der Waals surface area contributed by atoms with E-state index >= 15 is 0 Å². The van der Waals surface area contributed by atoms with E-state index in [1.165, 1.54) is 5.69 Å². The molecule has 3 aromatic rings. The Morgan fingerprint density at radius 3 is 2.43 bits per heavy atom. The Labute approximate surface area is 211 Å². The van der Waals surface area contributed by atoms with Gasteiger partial charge < -0.3 is 14.4 Å². The number of ether oxygens (including phenoxy) is 2. The van der Waals surface area contributed by atoms with E-state index in [9.17, 15) is 4.79 Å². The van der Waals surface area contributed by atoms with Crippen LogP contribution in [0.1, 0.15) is 46.5 Å². The van der Waals surface area contributed by atoms with E-state index in [1.807, 2.05) is 55.5 Å². The number of benzene rings is 3.